The van der Waals surface area contributed by atoms with Crippen molar-refractivity contribution in [3.63, 3.8) is 0 Å². The van der Waals surface area contributed by atoms with Crippen LogP contribution in [0.15, 0.2) is 77.6 Å². The fraction of sp³-hybridized carbons (Fsp3) is 0.222. The summed E-state index contributed by atoms with van der Waals surface area (Å²) in [5.41, 5.74) is 4.06. The minimum Gasteiger partial charge on any atom is -0.438 e. The Morgan fingerprint density at radius 2 is 1.76 bits per heavy atom. The lowest BCUT2D eigenvalue weighted by Gasteiger charge is -2.17. The largest absolute Gasteiger partial charge is 0.438 e. The molecule has 0 saturated carbocycles. The number of rotatable bonds is 5. The van der Waals surface area contributed by atoms with E-state index in [9.17, 15) is 12.8 Å². The van der Waals surface area contributed by atoms with Gasteiger partial charge >= 0.3 is 0 Å². The fourth-order valence-electron chi connectivity index (χ4n) is 5.02. The monoisotopic (exact) mass is 517 g/mol. The highest BCUT2D eigenvalue weighted by atomic mass is 32.2. The van der Waals surface area contributed by atoms with E-state index >= 15 is 0 Å². The Balaban J connectivity index is 1.50. The molecule has 0 spiro atoms. The summed E-state index contributed by atoms with van der Waals surface area (Å²) >= 11 is 0. The maximum Gasteiger partial charge on any atom is 0.230 e. The maximum atomic E-state index is 13.7. The minimum absolute atomic E-state index is 0.144. The molecule has 188 valence electrons. The molecule has 2 atom stereocenters. The first-order chi connectivity index (χ1) is 17.8. The van der Waals surface area contributed by atoms with Crippen LogP contribution >= 0.6 is 0 Å². The van der Waals surface area contributed by atoms with E-state index in [-0.39, 0.29) is 17.9 Å². The molecule has 5 aromatic rings. The molecular weight excluding hydrogens is 493 g/mol. The van der Waals surface area contributed by atoms with Crippen LogP contribution in [0, 0.1) is 5.82 Å². The number of benzene rings is 2. The van der Waals surface area contributed by atoms with Gasteiger partial charge in [0.05, 0.1) is 23.4 Å². The van der Waals surface area contributed by atoms with Crippen molar-refractivity contribution in [3.05, 3.63) is 79.0 Å². The summed E-state index contributed by atoms with van der Waals surface area (Å²) in [6.45, 7) is 2.23. The van der Waals surface area contributed by atoms with Gasteiger partial charge in [-0.2, -0.15) is 9.40 Å². The lowest BCUT2D eigenvalue weighted by atomic mass is 10.0. The molecule has 3 aromatic heterocycles. The standard InChI is InChI=1S/C27H24FN5O3S/c1-17-12-21(14-33(17)37(2,34)35)32-15-23(25(31-32)19-8-10-20(28)11-9-19)26-22-13-24(18-6-4-3-5-7-18)36-27(22)30-16-29-26/h3-11,13,15-17,21H,12,14H2,1-2H3/t17-,21?/m0/s1. The molecule has 10 heteroatoms. The van der Waals surface area contributed by atoms with Crippen molar-refractivity contribution in [2.45, 2.75) is 25.4 Å². The van der Waals surface area contributed by atoms with Crippen LogP contribution in [-0.4, -0.2) is 51.3 Å². The van der Waals surface area contributed by atoms with E-state index in [1.165, 1.54) is 29.0 Å². The lowest BCUT2D eigenvalue weighted by molar-refractivity contribution is 0.404. The highest BCUT2D eigenvalue weighted by Gasteiger charge is 2.36. The molecule has 0 bridgehead atoms. The smallest absolute Gasteiger partial charge is 0.230 e. The Bertz CT molecular complexity index is 1700. The summed E-state index contributed by atoms with van der Waals surface area (Å²) in [6, 6.07) is 17.5. The second kappa shape index (κ2) is 8.89. The average molecular weight is 518 g/mol. The molecule has 0 N–H and O–H groups in total. The summed E-state index contributed by atoms with van der Waals surface area (Å²) in [4.78, 5) is 8.92. The van der Waals surface area contributed by atoms with Crippen molar-refractivity contribution in [1.82, 2.24) is 24.1 Å². The second-order valence-electron chi connectivity index (χ2n) is 9.37. The number of fused-ring (bicyclic) bond motifs is 1. The van der Waals surface area contributed by atoms with Gasteiger partial charge in [-0.15, -0.1) is 0 Å². The Morgan fingerprint density at radius 1 is 1.00 bits per heavy atom. The van der Waals surface area contributed by atoms with Crippen LogP contribution in [0.5, 0.6) is 0 Å². The summed E-state index contributed by atoms with van der Waals surface area (Å²) in [5, 5.41) is 5.60. The van der Waals surface area contributed by atoms with Crippen molar-refractivity contribution in [1.29, 1.82) is 0 Å². The molecule has 4 heterocycles. The van der Waals surface area contributed by atoms with Gasteiger partial charge < -0.3 is 4.42 Å². The van der Waals surface area contributed by atoms with Crippen LogP contribution in [0.1, 0.15) is 19.4 Å². The van der Waals surface area contributed by atoms with Crippen LogP contribution in [0.25, 0.3) is 44.9 Å². The molecule has 6 rings (SSSR count). The molecule has 8 nitrogen and oxygen atoms in total. The van der Waals surface area contributed by atoms with Gasteiger partial charge in [0.2, 0.25) is 15.7 Å². The van der Waals surface area contributed by atoms with E-state index in [1.54, 1.807) is 12.1 Å². The zero-order valence-corrected chi connectivity index (χ0v) is 21.1. The van der Waals surface area contributed by atoms with Crippen molar-refractivity contribution in [2.75, 3.05) is 12.8 Å². The zero-order valence-electron chi connectivity index (χ0n) is 20.2. The molecule has 1 unspecified atom stereocenters. The van der Waals surface area contributed by atoms with Crippen LogP contribution in [0.4, 0.5) is 4.39 Å². The molecule has 1 aliphatic rings. The number of furan rings is 1. The first-order valence-corrected chi connectivity index (χ1v) is 13.7. The van der Waals surface area contributed by atoms with E-state index in [1.807, 2.05) is 54.2 Å². The van der Waals surface area contributed by atoms with Gasteiger partial charge in [0.15, 0.2) is 0 Å². The first-order valence-electron chi connectivity index (χ1n) is 11.9. The molecule has 1 fully saturated rings. The van der Waals surface area contributed by atoms with Gasteiger partial charge in [0.1, 0.15) is 23.6 Å². The first kappa shape index (κ1) is 23.5. The van der Waals surface area contributed by atoms with Crippen LogP contribution in [-0.2, 0) is 10.0 Å². The van der Waals surface area contributed by atoms with Crippen molar-refractivity contribution < 1.29 is 17.2 Å². The minimum atomic E-state index is -3.34. The number of hydrogen-bond donors (Lipinski definition) is 0. The lowest BCUT2D eigenvalue weighted by Crippen LogP contribution is -2.33. The molecule has 1 saturated heterocycles. The van der Waals surface area contributed by atoms with Crippen molar-refractivity contribution in [2.24, 2.45) is 0 Å². The summed E-state index contributed by atoms with van der Waals surface area (Å²) in [6.07, 6.45) is 5.19. The number of aromatic nitrogens is 4. The average Bonchev–Trinajstić information content (AvgIpc) is 3.61. The molecule has 37 heavy (non-hydrogen) atoms. The van der Waals surface area contributed by atoms with E-state index in [0.717, 1.165) is 22.1 Å². The molecule has 1 aliphatic heterocycles. The van der Waals surface area contributed by atoms with Gasteiger partial charge in [-0.25, -0.2) is 22.8 Å². The van der Waals surface area contributed by atoms with Crippen molar-refractivity contribution in [3.8, 4) is 33.8 Å². The van der Waals surface area contributed by atoms with Gasteiger partial charge in [0, 0.05) is 35.5 Å². The SMILES string of the molecule is C[C@H]1CC(n2cc(-c3ncnc4oc(-c5ccccc5)cc34)c(-c3ccc(F)cc3)n2)CN1S(C)(=O)=O. The third-order valence-corrected chi connectivity index (χ3v) is 8.15. The van der Waals surface area contributed by atoms with Gasteiger partial charge in [-0.1, -0.05) is 30.3 Å². The predicted molar refractivity (Wildman–Crippen MR) is 139 cm³/mol. The summed E-state index contributed by atoms with van der Waals surface area (Å²) < 4.78 is 47.6. The Kier molecular flexibility index (Phi) is 5.65. The van der Waals surface area contributed by atoms with E-state index in [2.05, 4.69) is 9.97 Å². The number of sulfonamides is 1. The van der Waals surface area contributed by atoms with E-state index in [4.69, 9.17) is 9.52 Å². The van der Waals surface area contributed by atoms with Crippen LogP contribution in [0.3, 0.4) is 0 Å². The van der Waals surface area contributed by atoms with Crippen LogP contribution < -0.4 is 0 Å². The molecule has 0 radical (unpaired) electrons. The van der Waals surface area contributed by atoms with Gasteiger partial charge in [-0.05, 0) is 43.7 Å². The highest BCUT2D eigenvalue weighted by molar-refractivity contribution is 7.88. The topological polar surface area (TPSA) is 94.1 Å². The van der Waals surface area contributed by atoms with Gasteiger partial charge in [0.25, 0.3) is 0 Å². The quantitative estimate of drug-likeness (QED) is 0.320. The molecular formula is C27H24FN5O3S. The van der Waals surface area contributed by atoms with Crippen molar-refractivity contribution >= 4 is 21.1 Å². The Morgan fingerprint density at radius 3 is 2.46 bits per heavy atom. The number of halogens is 1. The van der Waals surface area contributed by atoms with Gasteiger partial charge in [-0.3, -0.25) is 4.68 Å². The normalized spacial score (nSPS) is 18.6. The molecule has 0 amide bonds. The summed E-state index contributed by atoms with van der Waals surface area (Å²) in [5.74, 6) is 0.325. The Hall–Kier alpha value is -3.89. The molecule has 0 aliphatic carbocycles. The fourth-order valence-corrected chi connectivity index (χ4v) is 6.20. The summed E-state index contributed by atoms with van der Waals surface area (Å²) in [7, 11) is -3.34. The number of nitrogens with zero attached hydrogens (tertiary/aromatic N) is 5. The second-order valence-corrected chi connectivity index (χ2v) is 11.3. The zero-order chi connectivity index (χ0) is 25.7. The maximum absolute atomic E-state index is 13.7. The number of hydrogen-bond acceptors (Lipinski definition) is 6. The Labute approximate surface area is 213 Å². The molecule has 2 aromatic carbocycles. The van der Waals surface area contributed by atoms with E-state index < -0.39 is 10.0 Å². The third-order valence-electron chi connectivity index (χ3n) is 6.79. The van der Waals surface area contributed by atoms with Crippen LogP contribution in [0.2, 0.25) is 0 Å². The third kappa shape index (κ3) is 4.32. The predicted octanol–water partition coefficient (Wildman–Crippen LogP) is 5.15. The highest BCUT2D eigenvalue weighted by Crippen LogP contribution is 2.38. The van der Waals surface area contributed by atoms with E-state index in [0.29, 0.717) is 35.8 Å².